The van der Waals surface area contributed by atoms with Crippen molar-refractivity contribution in [2.45, 2.75) is 13.1 Å². The van der Waals surface area contributed by atoms with Crippen molar-refractivity contribution in [2.75, 3.05) is 7.05 Å². The standard InChI is InChI=1S/C17H16BrN3O2/c1-3-8-21-13-10-16(18)23-15(13)9-14(21)17(22)20(2)11-12-6-4-5-7-19-12/h3-7,9-10H,1,8,11H2,2H3. The van der Waals surface area contributed by atoms with Gasteiger partial charge in [-0.3, -0.25) is 9.78 Å². The van der Waals surface area contributed by atoms with Crippen LogP contribution >= 0.6 is 15.9 Å². The normalized spacial score (nSPS) is 10.9. The molecule has 0 fully saturated rings. The Hall–Kier alpha value is -2.34. The number of pyridine rings is 1. The third-order valence-electron chi connectivity index (χ3n) is 3.56. The number of carbonyl (C=O) groups excluding carboxylic acids is 1. The Morgan fingerprint density at radius 3 is 3.00 bits per heavy atom. The molecule has 3 aromatic rings. The molecule has 118 valence electrons. The summed E-state index contributed by atoms with van der Waals surface area (Å²) in [7, 11) is 1.76. The highest BCUT2D eigenvalue weighted by molar-refractivity contribution is 9.10. The van der Waals surface area contributed by atoms with Crippen LogP contribution in [0.25, 0.3) is 11.1 Å². The fraction of sp³-hybridized carbons (Fsp3) is 0.176. The van der Waals surface area contributed by atoms with Crippen molar-refractivity contribution in [3.63, 3.8) is 0 Å². The lowest BCUT2D eigenvalue weighted by Gasteiger charge is -2.17. The van der Waals surface area contributed by atoms with Gasteiger partial charge < -0.3 is 13.9 Å². The van der Waals surface area contributed by atoms with E-state index in [1.165, 1.54) is 0 Å². The molecule has 3 aromatic heterocycles. The van der Waals surface area contributed by atoms with Crippen LogP contribution in [-0.2, 0) is 13.1 Å². The number of amides is 1. The zero-order valence-electron chi connectivity index (χ0n) is 12.7. The molecule has 0 saturated heterocycles. The molecule has 0 bridgehead atoms. The molecule has 3 rings (SSSR count). The van der Waals surface area contributed by atoms with Gasteiger partial charge in [0.2, 0.25) is 0 Å². The van der Waals surface area contributed by atoms with Gasteiger partial charge in [-0.15, -0.1) is 6.58 Å². The number of halogens is 1. The minimum Gasteiger partial charge on any atom is -0.448 e. The van der Waals surface area contributed by atoms with E-state index in [1.54, 1.807) is 30.3 Å². The maximum atomic E-state index is 12.8. The summed E-state index contributed by atoms with van der Waals surface area (Å²) in [4.78, 5) is 18.7. The number of furan rings is 1. The Morgan fingerprint density at radius 2 is 2.30 bits per heavy atom. The van der Waals surface area contributed by atoms with E-state index in [0.29, 0.717) is 29.0 Å². The highest BCUT2D eigenvalue weighted by Gasteiger charge is 2.21. The number of aromatic nitrogens is 2. The Labute approximate surface area is 142 Å². The average Bonchev–Trinajstić information content (AvgIpc) is 3.05. The van der Waals surface area contributed by atoms with Gasteiger partial charge in [-0.2, -0.15) is 0 Å². The van der Waals surface area contributed by atoms with Crippen molar-refractivity contribution >= 4 is 32.9 Å². The predicted molar refractivity (Wildman–Crippen MR) is 92.1 cm³/mol. The number of fused-ring (bicyclic) bond motifs is 1. The van der Waals surface area contributed by atoms with Gasteiger partial charge in [-0.25, -0.2) is 0 Å². The number of hydrogen-bond acceptors (Lipinski definition) is 3. The van der Waals surface area contributed by atoms with E-state index < -0.39 is 0 Å². The topological polar surface area (TPSA) is 51.3 Å². The summed E-state index contributed by atoms with van der Waals surface area (Å²) in [6, 6.07) is 9.28. The minimum atomic E-state index is -0.0833. The molecule has 0 unspecified atom stereocenters. The van der Waals surface area contributed by atoms with E-state index in [-0.39, 0.29) is 5.91 Å². The van der Waals surface area contributed by atoms with Gasteiger partial charge in [0.1, 0.15) is 5.69 Å². The zero-order chi connectivity index (χ0) is 16.4. The van der Waals surface area contributed by atoms with Gasteiger partial charge in [0.25, 0.3) is 5.91 Å². The Kier molecular flexibility index (Phi) is 4.34. The summed E-state index contributed by atoms with van der Waals surface area (Å²) in [5.74, 6) is -0.0833. The van der Waals surface area contributed by atoms with Crippen LogP contribution in [-0.4, -0.2) is 27.4 Å². The van der Waals surface area contributed by atoms with Crippen LogP contribution in [0, 0.1) is 0 Å². The lowest BCUT2D eigenvalue weighted by atomic mass is 10.3. The van der Waals surface area contributed by atoms with Crippen LogP contribution in [0.2, 0.25) is 0 Å². The van der Waals surface area contributed by atoms with Crippen LogP contribution in [0.5, 0.6) is 0 Å². The summed E-state index contributed by atoms with van der Waals surface area (Å²) in [6.45, 7) is 4.75. The molecule has 1 amide bonds. The Bertz CT molecular complexity index is 851. The third kappa shape index (κ3) is 3.07. The lowest BCUT2D eigenvalue weighted by Crippen LogP contribution is -2.28. The number of nitrogens with zero attached hydrogens (tertiary/aromatic N) is 3. The van der Waals surface area contributed by atoms with Crippen LogP contribution in [0.1, 0.15) is 16.2 Å². The molecule has 6 heteroatoms. The maximum absolute atomic E-state index is 12.8. The second kappa shape index (κ2) is 6.42. The van der Waals surface area contributed by atoms with Gasteiger partial charge in [-0.1, -0.05) is 12.1 Å². The molecule has 0 saturated carbocycles. The second-order valence-electron chi connectivity index (χ2n) is 5.21. The van der Waals surface area contributed by atoms with Crippen molar-refractivity contribution < 1.29 is 9.21 Å². The van der Waals surface area contributed by atoms with Crippen LogP contribution < -0.4 is 0 Å². The first-order valence-electron chi connectivity index (χ1n) is 7.15. The van der Waals surface area contributed by atoms with Gasteiger partial charge in [0.05, 0.1) is 17.8 Å². The molecule has 0 radical (unpaired) electrons. The first kappa shape index (κ1) is 15.6. The van der Waals surface area contributed by atoms with Crippen LogP contribution in [0.3, 0.4) is 0 Å². The fourth-order valence-corrected chi connectivity index (χ4v) is 2.91. The molecular formula is C17H16BrN3O2. The third-order valence-corrected chi connectivity index (χ3v) is 3.95. The van der Waals surface area contributed by atoms with Gasteiger partial charge >= 0.3 is 0 Å². The molecule has 0 aliphatic carbocycles. The molecule has 0 aliphatic rings. The number of allylic oxidation sites excluding steroid dienone is 1. The first-order valence-corrected chi connectivity index (χ1v) is 7.94. The van der Waals surface area contributed by atoms with E-state index in [1.807, 2.05) is 28.8 Å². The van der Waals surface area contributed by atoms with Crippen molar-refractivity contribution in [2.24, 2.45) is 0 Å². The predicted octanol–water partition coefficient (Wildman–Crippen LogP) is 3.85. The molecule has 3 heterocycles. The summed E-state index contributed by atoms with van der Waals surface area (Å²) < 4.78 is 8.10. The molecular weight excluding hydrogens is 358 g/mol. The second-order valence-corrected chi connectivity index (χ2v) is 5.99. The molecule has 23 heavy (non-hydrogen) atoms. The van der Waals surface area contributed by atoms with Crippen molar-refractivity contribution in [3.8, 4) is 0 Å². The molecule has 5 nitrogen and oxygen atoms in total. The van der Waals surface area contributed by atoms with Crippen LogP contribution in [0.15, 0.2) is 58.3 Å². The van der Waals surface area contributed by atoms with Crippen molar-refractivity contribution in [3.05, 3.63) is 65.2 Å². The largest absolute Gasteiger partial charge is 0.448 e. The van der Waals surface area contributed by atoms with E-state index >= 15 is 0 Å². The Balaban J connectivity index is 1.92. The van der Waals surface area contributed by atoms with Crippen LogP contribution in [0.4, 0.5) is 0 Å². The maximum Gasteiger partial charge on any atom is 0.270 e. The van der Waals surface area contributed by atoms with E-state index in [2.05, 4.69) is 27.5 Å². The summed E-state index contributed by atoms with van der Waals surface area (Å²) in [5.41, 5.74) is 2.96. The van der Waals surface area contributed by atoms with Gasteiger partial charge in [-0.05, 0) is 28.1 Å². The summed E-state index contributed by atoms with van der Waals surface area (Å²) in [6.07, 6.45) is 3.48. The van der Waals surface area contributed by atoms with E-state index in [0.717, 1.165) is 11.2 Å². The van der Waals surface area contributed by atoms with Crippen molar-refractivity contribution in [1.82, 2.24) is 14.5 Å². The Morgan fingerprint density at radius 1 is 1.48 bits per heavy atom. The highest BCUT2D eigenvalue weighted by Crippen LogP contribution is 2.27. The number of hydrogen-bond donors (Lipinski definition) is 0. The smallest absolute Gasteiger partial charge is 0.270 e. The SMILES string of the molecule is C=CCn1c(C(=O)N(C)Cc2ccccn2)cc2oc(Br)cc21. The van der Waals surface area contributed by atoms with Gasteiger partial charge in [0.15, 0.2) is 10.3 Å². The van der Waals surface area contributed by atoms with Crippen molar-refractivity contribution in [1.29, 1.82) is 0 Å². The highest BCUT2D eigenvalue weighted by atomic mass is 79.9. The number of carbonyl (C=O) groups is 1. The first-order chi connectivity index (χ1) is 11.1. The zero-order valence-corrected chi connectivity index (χ0v) is 14.3. The molecule has 0 N–H and O–H groups in total. The fourth-order valence-electron chi connectivity index (χ4n) is 2.52. The quantitative estimate of drug-likeness (QED) is 0.638. The van der Waals surface area contributed by atoms with E-state index in [4.69, 9.17) is 4.42 Å². The van der Waals surface area contributed by atoms with E-state index in [9.17, 15) is 4.79 Å². The summed E-state index contributed by atoms with van der Waals surface area (Å²) in [5, 5.41) is 0. The molecule has 0 atom stereocenters. The molecule has 0 aromatic carbocycles. The number of rotatable bonds is 5. The molecule has 0 aliphatic heterocycles. The summed E-state index contributed by atoms with van der Waals surface area (Å²) >= 11 is 3.31. The monoisotopic (exact) mass is 373 g/mol. The average molecular weight is 374 g/mol. The minimum absolute atomic E-state index is 0.0833. The molecule has 0 spiro atoms. The van der Waals surface area contributed by atoms with Gasteiger partial charge in [0, 0.05) is 31.9 Å². The lowest BCUT2D eigenvalue weighted by molar-refractivity contribution is 0.0773.